The lowest BCUT2D eigenvalue weighted by Gasteiger charge is -2.31. The first-order valence-electron chi connectivity index (χ1n) is 8.03. The molecule has 0 aliphatic heterocycles. The Kier molecular flexibility index (Phi) is 6.35. The largest absolute Gasteiger partial charge is 0.426 e. The van der Waals surface area contributed by atoms with E-state index >= 15 is 0 Å². The van der Waals surface area contributed by atoms with E-state index < -0.39 is 0 Å². The SMILES string of the molecule is CNC1CCCC[C@@H]1NC(=O)/C=C\c1ccccc1OC(C)=O. The number of hydrogen-bond acceptors (Lipinski definition) is 4. The molecular formula is C18H24N2O3. The van der Waals surface area contributed by atoms with Crippen LogP contribution in [0.2, 0.25) is 0 Å². The number of amides is 1. The fraction of sp³-hybridized carbons (Fsp3) is 0.444. The van der Waals surface area contributed by atoms with E-state index in [4.69, 9.17) is 4.74 Å². The fourth-order valence-electron chi connectivity index (χ4n) is 2.91. The van der Waals surface area contributed by atoms with Crippen LogP contribution in [0.1, 0.15) is 38.2 Å². The minimum absolute atomic E-state index is 0.130. The molecule has 2 N–H and O–H groups in total. The predicted octanol–water partition coefficient (Wildman–Crippen LogP) is 2.27. The summed E-state index contributed by atoms with van der Waals surface area (Å²) in [7, 11) is 1.93. The molecule has 2 rings (SSSR count). The Morgan fingerprint density at radius 1 is 1.17 bits per heavy atom. The van der Waals surface area contributed by atoms with Crippen LogP contribution in [0.15, 0.2) is 30.3 Å². The van der Waals surface area contributed by atoms with Gasteiger partial charge in [0, 0.05) is 30.6 Å². The van der Waals surface area contributed by atoms with Crippen LogP contribution in [0.5, 0.6) is 5.75 Å². The minimum atomic E-state index is -0.380. The van der Waals surface area contributed by atoms with Crippen LogP contribution in [-0.4, -0.2) is 31.0 Å². The molecule has 1 amide bonds. The van der Waals surface area contributed by atoms with Crippen molar-refractivity contribution in [2.45, 2.75) is 44.7 Å². The maximum atomic E-state index is 12.1. The number of para-hydroxylation sites is 1. The van der Waals surface area contributed by atoms with Crippen molar-refractivity contribution in [3.05, 3.63) is 35.9 Å². The Morgan fingerprint density at radius 3 is 2.57 bits per heavy atom. The quantitative estimate of drug-likeness (QED) is 0.497. The summed E-state index contributed by atoms with van der Waals surface area (Å²) < 4.78 is 5.13. The maximum Gasteiger partial charge on any atom is 0.308 e. The lowest BCUT2D eigenvalue weighted by atomic mass is 9.90. The fourth-order valence-corrected chi connectivity index (χ4v) is 2.91. The normalized spacial score (nSPS) is 21.1. The van der Waals surface area contributed by atoms with Gasteiger partial charge in [0.15, 0.2) is 0 Å². The summed E-state index contributed by atoms with van der Waals surface area (Å²) in [6.07, 6.45) is 7.58. The van der Waals surface area contributed by atoms with Crippen molar-refractivity contribution < 1.29 is 14.3 Å². The van der Waals surface area contributed by atoms with Crippen molar-refractivity contribution in [3.63, 3.8) is 0 Å². The molecule has 1 aliphatic rings. The highest BCUT2D eigenvalue weighted by molar-refractivity contribution is 5.92. The summed E-state index contributed by atoms with van der Waals surface area (Å²) in [6, 6.07) is 7.62. The highest BCUT2D eigenvalue weighted by atomic mass is 16.5. The van der Waals surface area contributed by atoms with E-state index in [2.05, 4.69) is 10.6 Å². The van der Waals surface area contributed by atoms with Crippen molar-refractivity contribution in [1.29, 1.82) is 0 Å². The second kappa shape index (κ2) is 8.48. The maximum absolute atomic E-state index is 12.1. The van der Waals surface area contributed by atoms with Crippen LogP contribution in [0.3, 0.4) is 0 Å². The second-order valence-corrected chi connectivity index (χ2v) is 5.76. The monoisotopic (exact) mass is 316 g/mol. The van der Waals surface area contributed by atoms with Gasteiger partial charge >= 0.3 is 5.97 Å². The average molecular weight is 316 g/mol. The third kappa shape index (κ3) is 5.21. The zero-order chi connectivity index (χ0) is 16.7. The van der Waals surface area contributed by atoms with Gasteiger partial charge in [0.2, 0.25) is 5.91 Å². The summed E-state index contributed by atoms with van der Waals surface area (Å²) in [5.41, 5.74) is 0.701. The first-order chi connectivity index (χ1) is 11.1. The van der Waals surface area contributed by atoms with E-state index in [1.807, 2.05) is 13.1 Å². The number of carbonyl (C=O) groups excluding carboxylic acids is 2. The van der Waals surface area contributed by atoms with Crippen LogP contribution < -0.4 is 15.4 Å². The van der Waals surface area contributed by atoms with Gasteiger partial charge in [-0.1, -0.05) is 31.0 Å². The Hall–Kier alpha value is -2.14. The molecule has 0 spiro atoms. The molecule has 23 heavy (non-hydrogen) atoms. The van der Waals surface area contributed by atoms with E-state index in [1.165, 1.54) is 19.4 Å². The van der Waals surface area contributed by atoms with E-state index in [0.29, 0.717) is 17.4 Å². The lowest BCUT2D eigenvalue weighted by molar-refractivity contribution is -0.131. The molecule has 0 heterocycles. The second-order valence-electron chi connectivity index (χ2n) is 5.76. The van der Waals surface area contributed by atoms with Crippen molar-refractivity contribution >= 4 is 18.0 Å². The standard InChI is InChI=1S/C18H24N2O3/c1-13(21)23-17-10-6-3-7-14(17)11-12-18(22)20-16-9-5-4-8-15(16)19-2/h3,6-7,10-12,15-16,19H,4-5,8-9H2,1-2H3,(H,20,22)/b12-11-/t15?,16-/m0/s1. The molecule has 0 saturated heterocycles. The first-order valence-corrected chi connectivity index (χ1v) is 8.03. The number of esters is 1. The Labute approximate surface area is 137 Å². The molecule has 5 heteroatoms. The Balaban J connectivity index is 1.99. The number of likely N-dealkylation sites (N-methyl/N-ethyl adjacent to an activating group) is 1. The molecule has 1 aromatic rings. The number of benzene rings is 1. The van der Waals surface area contributed by atoms with Crippen LogP contribution in [0, 0.1) is 0 Å². The average Bonchev–Trinajstić information content (AvgIpc) is 2.54. The number of carbonyl (C=O) groups is 2. The van der Waals surface area contributed by atoms with Gasteiger partial charge in [0.1, 0.15) is 5.75 Å². The Bertz CT molecular complexity index is 583. The zero-order valence-electron chi connectivity index (χ0n) is 13.7. The van der Waals surface area contributed by atoms with E-state index in [1.54, 1.807) is 24.3 Å². The van der Waals surface area contributed by atoms with Gasteiger partial charge in [-0.15, -0.1) is 0 Å². The van der Waals surface area contributed by atoms with Crippen LogP contribution in [-0.2, 0) is 9.59 Å². The number of ether oxygens (including phenoxy) is 1. The molecule has 1 unspecified atom stereocenters. The smallest absolute Gasteiger partial charge is 0.308 e. The number of rotatable bonds is 5. The zero-order valence-corrected chi connectivity index (χ0v) is 13.7. The van der Waals surface area contributed by atoms with Gasteiger partial charge < -0.3 is 15.4 Å². The van der Waals surface area contributed by atoms with Gasteiger partial charge in [-0.2, -0.15) is 0 Å². The van der Waals surface area contributed by atoms with Gasteiger partial charge in [-0.25, -0.2) is 0 Å². The minimum Gasteiger partial charge on any atom is -0.426 e. The van der Waals surface area contributed by atoms with Crippen molar-refractivity contribution in [2.24, 2.45) is 0 Å². The van der Waals surface area contributed by atoms with Crippen LogP contribution in [0.25, 0.3) is 6.08 Å². The van der Waals surface area contributed by atoms with E-state index in [9.17, 15) is 9.59 Å². The van der Waals surface area contributed by atoms with Gasteiger partial charge in [0.05, 0.1) is 0 Å². The third-order valence-corrected chi connectivity index (χ3v) is 4.05. The summed E-state index contributed by atoms with van der Waals surface area (Å²) in [5.74, 6) is -0.0565. The summed E-state index contributed by atoms with van der Waals surface area (Å²) >= 11 is 0. The highest BCUT2D eigenvalue weighted by Gasteiger charge is 2.24. The lowest BCUT2D eigenvalue weighted by Crippen LogP contribution is -2.50. The third-order valence-electron chi connectivity index (χ3n) is 4.05. The molecule has 1 fully saturated rings. The summed E-state index contributed by atoms with van der Waals surface area (Å²) in [5, 5.41) is 6.32. The summed E-state index contributed by atoms with van der Waals surface area (Å²) in [4.78, 5) is 23.2. The molecule has 124 valence electrons. The molecular weight excluding hydrogens is 292 g/mol. The molecule has 1 aliphatic carbocycles. The van der Waals surface area contributed by atoms with Crippen molar-refractivity contribution in [2.75, 3.05) is 7.05 Å². The predicted molar refractivity (Wildman–Crippen MR) is 90.0 cm³/mol. The molecule has 2 atom stereocenters. The van der Waals surface area contributed by atoms with Crippen molar-refractivity contribution in [3.8, 4) is 5.75 Å². The van der Waals surface area contributed by atoms with Gasteiger partial charge in [-0.05, 0) is 32.0 Å². The first kappa shape index (κ1) is 17.2. The van der Waals surface area contributed by atoms with Gasteiger partial charge in [-0.3, -0.25) is 9.59 Å². The summed E-state index contributed by atoms with van der Waals surface area (Å²) in [6.45, 7) is 1.36. The molecule has 0 aromatic heterocycles. The molecule has 1 aromatic carbocycles. The highest BCUT2D eigenvalue weighted by Crippen LogP contribution is 2.20. The van der Waals surface area contributed by atoms with Crippen molar-refractivity contribution in [1.82, 2.24) is 10.6 Å². The molecule has 0 bridgehead atoms. The number of nitrogens with one attached hydrogen (secondary N) is 2. The molecule has 5 nitrogen and oxygen atoms in total. The van der Waals surface area contributed by atoms with E-state index in [0.717, 1.165) is 19.3 Å². The number of hydrogen-bond donors (Lipinski definition) is 2. The van der Waals surface area contributed by atoms with Crippen LogP contribution in [0.4, 0.5) is 0 Å². The Morgan fingerprint density at radius 2 is 1.87 bits per heavy atom. The van der Waals surface area contributed by atoms with Gasteiger partial charge in [0.25, 0.3) is 0 Å². The van der Waals surface area contributed by atoms with E-state index in [-0.39, 0.29) is 17.9 Å². The van der Waals surface area contributed by atoms with Crippen LogP contribution >= 0.6 is 0 Å². The topological polar surface area (TPSA) is 67.4 Å². The molecule has 0 radical (unpaired) electrons. The molecule has 1 saturated carbocycles.